The van der Waals surface area contributed by atoms with Crippen LogP contribution in [0.4, 0.5) is 10.4 Å². The molecule has 6 heteroatoms. The number of rotatable bonds is 5. The van der Waals surface area contributed by atoms with E-state index in [1.807, 2.05) is 13.0 Å². The van der Waals surface area contributed by atoms with Crippen molar-refractivity contribution in [2.45, 2.75) is 33.2 Å². The van der Waals surface area contributed by atoms with E-state index in [2.05, 4.69) is 40.3 Å². The first-order valence-corrected chi connectivity index (χ1v) is 8.39. The van der Waals surface area contributed by atoms with Crippen LogP contribution in [0.3, 0.4) is 0 Å². The zero-order chi connectivity index (χ0) is 17.1. The first kappa shape index (κ1) is 16.6. The highest BCUT2D eigenvalue weighted by atomic mass is 19.1. The summed E-state index contributed by atoms with van der Waals surface area (Å²) in [7, 11) is 0. The van der Waals surface area contributed by atoms with Gasteiger partial charge < -0.3 is 9.73 Å². The molecule has 0 unspecified atom stereocenters. The minimum atomic E-state index is -0.341. The van der Waals surface area contributed by atoms with Crippen molar-refractivity contribution in [2.75, 3.05) is 25.0 Å². The van der Waals surface area contributed by atoms with E-state index in [0.717, 1.165) is 25.1 Å². The standard InChI is InChI=1S/C18H23FN4O/c1-4-20-18-22-21-17(24-18)15-6-5-14(11-16(15)19)13-7-9-23(10-8-13)12(2)3/h5-7,11-12H,4,8-10H2,1-3H3,(H,20,22). The predicted molar refractivity (Wildman–Crippen MR) is 93.2 cm³/mol. The molecule has 1 aliphatic heterocycles. The SMILES string of the molecule is CCNc1nnc(-c2ccc(C3=CCN(C(C)C)CC3)cc2F)o1. The highest BCUT2D eigenvalue weighted by Crippen LogP contribution is 2.29. The fourth-order valence-electron chi connectivity index (χ4n) is 2.86. The van der Waals surface area contributed by atoms with E-state index in [1.54, 1.807) is 12.1 Å². The van der Waals surface area contributed by atoms with Crippen LogP contribution in [0.15, 0.2) is 28.7 Å². The van der Waals surface area contributed by atoms with Gasteiger partial charge in [0.05, 0.1) is 5.56 Å². The van der Waals surface area contributed by atoms with E-state index in [0.29, 0.717) is 24.2 Å². The topological polar surface area (TPSA) is 54.2 Å². The fraction of sp³-hybridized carbons (Fsp3) is 0.444. The van der Waals surface area contributed by atoms with Crippen LogP contribution in [0.25, 0.3) is 17.0 Å². The minimum absolute atomic E-state index is 0.193. The number of nitrogens with one attached hydrogen (secondary N) is 1. The molecule has 0 fully saturated rings. The summed E-state index contributed by atoms with van der Waals surface area (Å²) in [5.74, 6) is -0.148. The van der Waals surface area contributed by atoms with Gasteiger partial charge in [0.25, 0.3) is 5.89 Å². The van der Waals surface area contributed by atoms with Gasteiger partial charge in [-0.15, -0.1) is 5.10 Å². The molecule has 0 bridgehead atoms. The van der Waals surface area contributed by atoms with Crippen LogP contribution in [0.1, 0.15) is 32.8 Å². The minimum Gasteiger partial charge on any atom is -0.403 e. The number of aromatic nitrogens is 2. The number of halogens is 1. The number of hydrogen-bond donors (Lipinski definition) is 1. The Morgan fingerprint density at radius 1 is 1.33 bits per heavy atom. The molecule has 0 radical (unpaired) electrons. The summed E-state index contributed by atoms with van der Waals surface area (Å²) in [5, 5.41) is 10.7. The Balaban J connectivity index is 1.80. The van der Waals surface area contributed by atoms with E-state index in [1.165, 1.54) is 5.57 Å². The molecule has 1 aromatic carbocycles. The Morgan fingerprint density at radius 2 is 2.17 bits per heavy atom. The maximum Gasteiger partial charge on any atom is 0.315 e. The average molecular weight is 330 g/mol. The highest BCUT2D eigenvalue weighted by molar-refractivity contribution is 5.69. The van der Waals surface area contributed by atoms with Gasteiger partial charge in [-0.05, 0) is 50.5 Å². The summed E-state index contributed by atoms with van der Waals surface area (Å²) in [5.41, 5.74) is 2.44. The second-order valence-electron chi connectivity index (χ2n) is 6.21. The average Bonchev–Trinajstić information content (AvgIpc) is 3.03. The summed E-state index contributed by atoms with van der Waals surface area (Å²) in [6, 6.07) is 6.03. The molecule has 3 rings (SSSR count). The summed E-state index contributed by atoms with van der Waals surface area (Å²) >= 11 is 0. The quantitative estimate of drug-likeness (QED) is 0.903. The molecule has 1 aliphatic rings. The van der Waals surface area contributed by atoms with E-state index in [-0.39, 0.29) is 11.7 Å². The van der Waals surface area contributed by atoms with Gasteiger partial charge in [-0.25, -0.2) is 4.39 Å². The summed E-state index contributed by atoms with van der Waals surface area (Å²) in [4.78, 5) is 2.40. The highest BCUT2D eigenvalue weighted by Gasteiger charge is 2.18. The lowest BCUT2D eigenvalue weighted by atomic mass is 9.97. The van der Waals surface area contributed by atoms with Crippen LogP contribution in [-0.4, -0.2) is 40.8 Å². The number of anilines is 1. The Kier molecular flexibility index (Phi) is 4.94. The van der Waals surface area contributed by atoms with Gasteiger partial charge in [0.1, 0.15) is 5.82 Å². The van der Waals surface area contributed by atoms with Crippen LogP contribution < -0.4 is 5.32 Å². The van der Waals surface area contributed by atoms with Gasteiger partial charge in [-0.3, -0.25) is 4.90 Å². The smallest absolute Gasteiger partial charge is 0.315 e. The zero-order valence-electron chi connectivity index (χ0n) is 14.3. The molecular formula is C18H23FN4O. The molecule has 2 aromatic rings. The molecule has 0 aliphatic carbocycles. The molecule has 24 heavy (non-hydrogen) atoms. The fourth-order valence-corrected chi connectivity index (χ4v) is 2.86. The zero-order valence-corrected chi connectivity index (χ0v) is 14.3. The van der Waals surface area contributed by atoms with Gasteiger partial charge in [0.2, 0.25) is 0 Å². The molecule has 1 aromatic heterocycles. The molecule has 0 saturated carbocycles. The monoisotopic (exact) mass is 330 g/mol. The molecule has 2 heterocycles. The van der Waals surface area contributed by atoms with Crippen LogP contribution in [0, 0.1) is 5.82 Å². The molecule has 128 valence electrons. The Bertz CT molecular complexity index is 738. The maximum absolute atomic E-state index is 14.5. The Hall–Kier alpha value is -2.21. The molecule has 1 N–H and O–H groups in total. The van der Waals surface area contributed by atoms with E-state index in [4.69, 9.17) is 4.42 Å². The molecule has 0 atom stereocenters. The first-order valence-electron chi connectivity index (χ1n) is 8.39. The molecule has 0 amide bonds. The third-order valence-electron chi connectivity index (χ3n) is 4.29. The van der Waals surface area contributed by atoms with Crippen molar-refractivity contribution in [1.82, 2.24) is 15.1 Å². The summed E-state index contributed by atoms with van der Waals surface area (Å²) in [6.07, 6.45) is 3.12. The molecule has 5 nitrogen and oxygen atoms in total. The van der Waals surface area contributed by atoms with Crippen molar-refractivity contribution in [1.29, 1.82) is 0 Å². The van der Waals surface area contributed by atoms with Crippen molar-refractivity contribution in [3.63, 3.8) is 0 Å². The number of benzene rings is 1. The second-order valence-corrected chi connectivity index (χ2v) is 6.21. The summed E-state index contributed by atoms with van der Waals surface area (Å²) in [6.45, 7) is 8.90. The maximum atomic E-state index is 14.5. The lowest BCUT2D eigenvalue weighted by Gasteiger charge is -2.29. The number of nitrogens with zero attached hydrogens (tertiary/aromatic N) is 3. The first-order chi connectivity index (χ1) is 11.6. The van der Waals surface area contributed by atoms with Crippen molar-refractivity contribution >= 4 is 11.6 Å². The van der Waals surface area contributed by atoms with E-state index >= 15 is 0 Å². The van der Waals surface area contributed by atoms with Crippen molar-refractivity contribution in [2.24, 2.45) is 0 Å². The van der Waals surface area contributed by atoms with Crippen molar-refractivity contribution in [3.05, 3.63) is 35.7 Å². The van der Waals surface area contributed by atoms with Crippen LogP contribution >= 0.6 is 0 Å². The van der Waals surface area contributed by atoms with Crippen molar-refractivity contribution < 1.29 is 8.81 Å². The third-order valence-corrected chi connectivity index (χ3v) is 4.29. The van der Waals surface area contributed by atoms with Crippen LogP contribution in [0.5, 0.6) is 0 Å². The van der Waals surface area contributed by atoms with Gasteiger partial charge in [0.15, 0.2) is 0 Å². The third kappa shape index (κ3) is 3.48. The van der Waals surface area contributed by atoms with Crippen molar-refractivity contribution in [3.8, 4) is 11.5 Å². The predicted octanol–water partition coefficient (Wildman–Crippen LogP) is 3.81. The van der Waals surface area contributed by atoms with E-state index < -0.39 is 0 Å². The van der Waals surface area contributed by atoms with Crippen LogP contribution in [0.2, 0.25) is 0 Å². The van der Waals surface area contributed by atoms with Gasteiger partial charge in [0, 0.05) is 25.7 Å². The largest absolute Gasteiger partial charge is 0.403 e. The molecule has 0 saturated heterocycles. The lowest BCUT2D eigenvalue weighted by molar-refractivity contribution is 0.245. The Labute approximate surface area is 141 Å². The van der Waals surface area contributed by atoms with Gasteiger partial charge >= 0.3 is 6.01 Å². The molecular weight excluding hydrogens is 307 g/mol. The second kappa shape index (κ2) is 7.13. The van der Waals surface area contributed by atoms with Gasteiger partial charge in [-0.1, -0.05) is 17.2 Å². The van der Waals surface area contributed by atoms with E-state index in [9.17, 15) is 4.39 Å². The van der Waals surface area contributed by atoms with Crippen LogP contribution in [-0.2, 0) is 0 Å². The number of hydrogen-bond acceptors (Lipinski definition) is 5. The van der Waals surface area contributed by atoms with Gasteiger partial charge in [-0.2, -0.15) is 0 Å². The lowest BCUT2D eigenvalue weighted by Crippen LogP contribution is -2.34. The Morgan fingerprint density at radius 3 is 2.79 bits per heavy atom. The summed E-state index contributed by atoms with van der Waals surface area (Å²) < 4.78 is 19.9. The normalized spacial score (nSPS) is 15.6. The molecule has 0 spiro atoms.